The fourth-order valence-electron chi connectivity index (χ4n) is 2.95. The lowest BCUT2D eigenvalue weighted by atomic mass is 10.2. The second-order valence-corrected chi connectivity index (χ2v) is 6.30. The van der Waals surface area contributed by atoms with Gasteiger partial charge in [0.1, 0.15) is 0 Å². The quantitative estimate of drug-likeness (QED) is 0.700. The number of hydrogen-bond acceptors (Lipinski definition) is 3. The van der Waals surface area contributed by atoms with Crippen LogP contribution in [0, 0.1) is 0 Å². The summed E-state index contributed by atoms with van der Waals surface area (Å²) in [5.74, 6) is -0.221. The first kappa shape index (κ1) is 18.6. The second-order valence-electron chi connectivity index (χ2n) is 6.30. The van der Waals surface area contributed by atoms with Crippen molar-refractivity contribution < 1.29 is 9.59 Å². The van der Waals surface area contributed by atoms with Crippen molar-refractivity contribution in [2.24, 2.45) is 0 Å². The maximum Gasteiger partial charge on any atom is 0.287 e. The van der Waals surface area contributed by atoms with Gasteiger partial charge in [0.25, 0.3) is 11.8 Å². The molecule has 0 aliphatic carbocycles. The SMILES string of the molecule is CCCNC(=O)c1nc(C(=O)N(CC)Cc2ccccc2)c2ccccn12. The number of aromatic nitrogens is 2. The van der Waals surface area contributed by atoms with Crippen LogP contribution in [-0.4, -0.2) is 39.2 Å². The van der Waals surface area contributed by atoms with E-state index in [1.807, 2.05) is 62.4 Å². The minimum Gasteiger partial charge on any atom is -0.349 e. The summed E-state index contributed by atoms with van der Waals surface area (Å²) < 4.78 is 1.68. The van der Waals surface area contributed by atoms with Gasteiger partial charge in [-0.05, 0) is 31.0 Å². The third-order valence-corrected chi connectivity index (χ3v) is 4.37. The molecule has 3 aromatic rings. The van der Waals surface area contributed by atoms with Crippen molar-refractivity contribution in [2.75, 3.05) is 13.1 Å². The van der Waals surface area contributed by atoms with E-state index in [1.54, 1.807) is 15.5 Å². The average molecular weight is 364 g/mol. The molecule has 0 saturated carbocycles. The molecule has 6 heteroatoms. The molecule has 140 valence electrons. The highest BCUT2D eigenvalue weighted by Gasteiger charge is 2.24. The highest BCUT2D eigenvalue weighted by Crippen LogP contribution is 2.17. The van der Waals surface area contributed by atoms with Crippen LogP contribution in [0.5, 0.6) is 0 Å². The number of nitrogens with one attached hydrogen (secondary N) is 1. The number of carbonyl (C=O) groups excluding carboxylic acids is 2. The predicted octanol–water partition coefficient (Wildman–Crippen LogP) is 3.14. The van der Waals surface area contributed by atoms with Gasteiger partial charge in [0.2, 0.25) is 5.82 Å². The largest absolute Gasteiger partial charge is 0.349 e. The van der Waals surface area contributed by atoms with Gasteiger partial charge in [0.05, 0.1) is 5.52 Å². The molecule has 6 nitrogen and oxygen atoms in total. The molecule has 2 heterocycles. The Morgan fingerprint density at radius 2 is 1.81 bits per heavy atom. The van der Waals surface area contributed by atoms with Crippen molar-refractivity contribution >= 4 is 17.3 Å². The lowest BCUT2D eigenvalue weighted by molar-refractivity contribution is 0.0749. The second kappa shape index (κ2) is 8.49. The minimum atomic E-state index is -0.275. The van der Waals surface area contributed by atoms with Crippen LogP contribution >= 0.6 is 0 Å². The van der Waals surface area contributed by atoms with Gasteiger partial charge < -0.3 is 10.2 Å². The number of imidazole rings is 1. The summed E-state index contributed by atoms with van der Waals surface area (Å²) >= 11 is 0. The van der Waals surface area contributed by atoms with Crippen molar-refractivity contribution in [1.82, 2.24) is 19.6 Å². The molecule has 2 amide bonds. The van der Waals surface area contributed by atoms with Crippen LogP contribution in [0.3, 0.4) is 0 Å². The molecule has 0 aliphatic heterocycles. The van der Waals surface area contributed by atoms with Crippen LogP contribution in [0.15, 0.2) is 54.7 Å². The number of pyridine rings is 1. The Morgan fingerprint density at radius 3 is 2.52 bits per heavy atom. The van der Waals surface area contributed by atoms with Gasteiger partial charge in [-0.25, -0.2) is 4.98 Å². The Hall–Kier alpha value is -3.15. The van der Waals surface area contributed by atoms with Gasteiger partial charge in [-0.1, -0.05) is 43.3 Å². The van der Waals surface area contributed by atoms with Crippen molar-refractivity contribution in [1.29, 1.82) is 0 Å². The first-order valence-electron chi connectivity index (χ1n) is 9.24. The molecule has 0 unspecified atom stereocenters. The summed E-state index contributed by atoms with van der Waals surface area (Å²) in [4.78, 5) is 31.8. The molecule has 27 heavy (non-hydrogen) atoms. The first-order valence-corrected chi connectivity index (χ1v) is 9.24. The van der Waals surface area contributed by atoms with Crippen molar-refractivity contribution in [2.45, 2.75) is 26.8 Å². The summed E-state index contributed by atoms with van der Waals surface area (Å²) in [6, 6.07) is 15.3. The van der Waals surface area contributed by atoms with E-state index in [0.29, 0.717) is 30.8 Å². The summed E-state index contributed by atoms with van der Waals surface area (Å²) in [6.07, 6.45) is 2.59. The zero-order valence-corrected chi connectivity index (χ0v) is 15.7. The van der Waals surface area contributed by atoms with Crippen LogP contribution in [0.4, 0.5) is 0 Å². The molecule has 1 N–H and O–H groups in total. The maximum absolute atomic E-state index is 13.2. The van der Waals surface area contributed by atoms with E-state index in [4.69, 9.17) is 0 Å². The predicted molar refractivity (Wildman–Crippen MR) is 105 cm³/mol. The number of nitrogens with zero attached hydrogens (tertiary/aromatic N) is 3. The lowest BCUT2D eigenvalue weighted by Crippen LogP contribution is -2.31. The number of fused-ring (bicyclic) bond motifs is 1. The van der Waals surface area contributed by atoms with Crippen LogP contribution in [0.2, 0.25) is 0 Å². The molecular weight excluding hydrogens is 340 g/mol. The lowest BCUT2D eigenvalue weighted by Gasteiger charge is -2.20. The summed E-state index contributed by atoms with van der Waals surface area (Å²) in [5.41, 5.74) is 1.99. The van der Waals surface area contributed by atoms with Gasteiger partial charge in [0, 0.05) is 25.8 Å². The van der Waals surface area contributed by atoms with E-state index in [2.05, 4.69) is 10.3 Å². The van der Waals surface area contributed by atoms with Gasteiger partial charge in [-0.15, -0.1) is 0 Å². The van der Waals surface area contributed by atoms with E-state index >= 15 is 0 Å². The van der Waals surface area contributed by atoms with Gasteiger partial charge in [-0.3, -0.25) is 14.0 Å². The van der Waals surface area contributed by atoms with Crippen LogP contribution in [0.1, 0.15) is 46.9 Å². The van der Waals surface area contributed by atoms with E-state index in [-0.39, 0.29) is 17.6 Å². The molecule has 3 rings (SSSR count). The normalized spacial score (nSPS) is 10.7. The van der Waals surface area contributed by atoms with Crippen molar-refractivity contribution in [3.63, 3.8) is 0 Å². The Bertz CT molecular complexity index is 934. The van der Waals surface area contributed by atoms with Crippen LogP contribution in [0.25, 0.3) is 5.52 Å². The summed E-state index contributed by atoms with van der Waals surface area (Å²) in [5, 5.41) is 2.83. The van der Waals surface area contributed by atoms with Gasteiger partial charge in [-0.2, -0.15) is 0 Å². The van der Waals surface area contributed by atoms with Crippen molar-refractivity contribution in [3.8, 4) is 0 Å². The highest BCUT2D eigenvalue weighted by atomic mass is 16.2. The molecule has 0 fully saturated rings. The molecule has 0 aliphatic rings. The Labute approximate surface area is 158 Å². The Balaban J connectivity index is 1.95. The molecule has 0 atom stereocenters. The number of carbonyl (C=O) groups is 2. The fourth-order valence-corrected chi connectivity index (χ4v) is 2.95. The smallest absolute Gasteiger partial charge is 0.287 e. The van der Waals surface area contributed by atoms with Gasteiger partial charge in [0.15, 0.2) is 5.69 Å². The van der Waals surface area contributed by atoms with E-state index in [0.717, 1.165) is 12.0 Å². The molecule has 0 saturated heterocycles. The van der Waals surface area contributed by atoms with E-state index in [1.165, 1.54) is 0 Å². The maximum atomic E-state index is 13.2. The highest BCUT2D eigenvalue weighted by molar-refractivity contribution is 6.02. The third kappa shape index (κ3) is 4.00. The zero-order valence-electron chi connectivity index (χ0n) is 15.7. The first-order chi connectivity index (χ1) is 13.2. The molecule has 0 radical (unpaired) electrons. The fraction of sp³-hybridized carbons (Fsp3) is 0.286. The van der Waals surface area contributed by atoms with Crippen molar-refractivity contribution in [3.05, 3.63) is 71.8 Å². The van der Waals surface area contributed by atoms with Crippen LogP contribution < -0.4 is 5.32 Å². The third-order valence-electron chi connectivity index (χ3n) is 4.37. The summed E-state index contributed by atoms with van der Waals surface area (Å²) in [7, 11) is 0. The van der Waals surface area contributed by atoms with Gasteiger partial charge >= 0.3 is 0 Å². The zero-order chi connectivity index (χ0) is 19.2. The molecule has 0 bridgehead atoms. The van der Waals surface area contributed by atoms with E-state index < -0.39 is 0 Å². The average Bonchev–Trinajstić information content (AvgIpc) is 3.10. The Morgan fingerprint density at radius 1 is 1.07 bits per heavy atom. The number of hydrogen-bond donors (Lipinski definition) is 1. The molecular formula is C21H24N4O2. The summed E-state index contributed by atoms with van der Waals surface area (Å²) in [6.45, 7) is 5.55. The number of benzene rings is 1. The minimum absolute atomic E-state index is 0.181. The van der Waals surface area contributed by atoms with Crippen LogP contribution in [-0.2, 0) is 6.54 Å². The number of amides is 2. The molecule has 1 aromatic carbocycles. The monoisotopic (exact) mass is 364 g/mol. The van der Waals surface area contributed by atoms with E-state index in [9.17, 15) is 9.59 Å². The topological polar surface area (TPSA) is 66.7 Å². The molecule has 0 spiro atoms. The Kier molecular flexibility index (Phi) is 5.86. The molecule has 2 aromatic heterocycles. The number of rotatable bonds is 7. The standard InChI is InChI=1S/C21H24N4O2/c1-3-13-22-20(26)19-23-18(17-12-8-9-14-25(17)19)21(27)24(4-2)15-16-10-6-5-7-11-16/h5-12,14H,3-4,13,15H2,1-2H3,(H,22,26).